The van der Waals surface area contributed by atoms with Crippen LogP contribution in [0.4, 0.5) is 0 Å². The lowest BCUT2D eigenvalue weighted by atomic mass is 10.0. The number of aromatic nitrogens is 3. The average molecular weight is 449 g/mol. The monoisotopic (exact) mass is 449 g/mol. The van der Waals surface area contributed by atoms with Crippen molar-refractivity contribution in [2.75, 3.05) is 19.6 Å². The van der Waals surface area contributed by atoms with Crippen LogP contribution in [0.5, 0.6) is 0 Å². The van der Waals surface area contributed by atoms with Crippen LogP contribution in [0.3, 0.4) is 0 Å². The van der Waals surface area contributed by atoms with Crippen molar-refractivity contribution in [3.05, 3.63) is 11.6 Å². The van der Waals surface area contributed by atoms with E-state index >= 15 is 0 Å². The second-order valence-electron chi connectivity index (χ2n) is 6.47. The summed E-state index contributed by atoms with van der Waals surface area (Å²) in [6, 6.07) is 1.13. The topological polar surface area (TPSA) is 70.4 Å². The second kappa shape index (κ2) is 10.2. The maximum absolute atomic E-state index is 4.66. The molecule has 0 amide bonds. The minimum atomic E-state index is 0. The standard InChI is InChI=1S/C16H31N7.HI/c1-6-17-16(18-11-15-21-20-13(4)22(15)5)19-14-7-9-23(10-8-14)12(2)3;/h12,14H,6-11H2,1-5H3,(H2,17,18,19);1H. The van der Waals surface area contributed by atoms with Gasteiger partial charge in [0.25, 0.3) is 0 Å². The summed E-state index contributed by atoms with van der Waals surface area (Å²) in [7, 11) is 1.97. The highest BCUT2D eigenvalue weighted by Gasteiger charge is 2.21. The van der Waals surface area contributed by atoms with Gasteiger partial charge < -0.3 is 20.1 Å². The van der Waals surface area contributed by atoms with Crippen molar-refractivity contribution in [2.24, 2.45) is 12.0 Å². The molecule has 1 fully saturated rings. The number of hydrogen-bond donors (Lipinski definition) is 2. The molecule has 0 atom stereocenters. The molecule has 7 nitrogen and oxygen atoms in total. The van der Waals surface area contributed by atoms with Gasteiger partial charge in [-0.3, -0.25) is 0 Å². The number of piperidine rings is 1. The Balaban J connectivity index is 0.00000288. The predicted octanol–water partition coefficient (Wildman–Crippen LogP) is 1.67. The van der Waals surface area contributed by atoms with Gasteiger partial charge in [-0.2, -0.15) is 0 Å². The van der Waals surface area contributed by atoms with Crippen molar-refractivity contribution in [1.82, 2.24) is 30.3 Å². The number of guanidine groups is 1. The number of rotatable bonds is 5. The molecule has 2 heterocycles. The number of halogens is 1. The quantitative estimate of drug-likeness (QED) is 0.407. The molecule has 0 aliphatic carbocycles. The molecule has 8 heteroatoms. The van der Waals surface area contributed by atoms with Gasteiger partial charge in [0, 0.05) is 38.8 Å². The summed E-state index contributed by atoms with van der Waals surface area (Å²) in [5.41, 5.74) is 0. The summed E-state index contributed by atoms with van der Waals surface area (Å²) >= 11 is 0. The van der Waals surface area contributed by atoms with E-state index in [0.717, 1.165) is 50.1 Å². The van der Waals surface area contributed by atoms with E-state index in [1.807, 2.05) is 18.5 Å². The molecule has 0 radical (unpaired) electrons. The normalized spacial score (nSPS) is 17.0. The van der Waals surface area contributed by atoms with E-state index < -0.39 is 0 Å². The molecule has 0 saturated carbocycles. The molecule has 1 aliphatic rings. The third-order valence-corrected chi connectivity index (χ3v) is 4.51. The Kier molecular flexibility index (Phi) is 8.96. The van der Waals surface area contributed by atoms with Crippen molar-refractivity contribution in [3.63, 3.8) is 0 Å². The van der Waals surface area contributed by atoms with Crippen LogP contribution >= 0.6 is 24.0 Å². The number of nitrogens with zero attached hydrogens (tertiary/aromatic N) is 5. The lowest BCUT2D eigenvalue weighted by Gasteiger charge is -2.35. The van der Waals surface area contributed by atoms with Crippen LogP contribution in [0.25, 0.3) is 0 Å². The lowest BCUT2D eigenvalue weighted by molar-refractivity contribution is 0.167. The Morgan fingerprint density at radius 3 is 2.46 bits per heavy atom. The lowest BCUT2D eigenvalue weighted by Crippen LogP contribution is -2.49. The van der Waals surface area contributed by atoms with Gasteiger partial charge in [0.2, 0.25) is 0 Å². The largest absolute Gasteiger partial charge is 0.357 e. The van der Waals surface area contributed by atoms with Crippen LogP contribution in [0, 0.1) is 6.92 Å². The molecule has 138 valence electrons. The number of aliphatic imine (C=N–C) groups is 1. The predicted molar refractivity (Wildman–Crippen MR) is 109 cm³/mol. The van der Waals surface area contributed by atoms with E-state index in [-0.39, 0.29) is 24.0 Å². The summed E-state index contributed by atoms with van der Waals surface area (Å²) in [5, 5.41) is 15.1. The number of nitrogens with one attached hydrogen (secondary N) is 2. The minimum Gasteiger partial charge on any atom is -0.357 e. The fourth-order valence-corrected chi connectivity index (χ4v) is 2.81. The van der Waals surface area contributed by atoms with Gasteiger partial charge in [-0.15, -0.1) is 34.2 Å². The summed E-state index contributed by atoms with van der Waals surface area (Å²) in [6.07, 6.45) is 2.32. The summed E-state index contributed by atoms with van der Waals surface area (Å²) in [5.74, 6) is 2.67. The summed E-state index contributed by atoms with van der Waals surface area (Å²) in [6.45, 7) is 12.3. The van der Waals surface area contributed by atoms with Gasteiger partial charge in [0.15, 0.2) is 11.8 Å². The first-order chi connectivity index (χ1) is 11.0. The van der Waals surface area contributed by atoms with Crippen molar-refractivity contribution in [3.8, 4) is 0 Å². The Labute approximate surface area is 162 Å². The smallest absolute Gasteiger partial charge is 0.191 e. The fourth-order valence-electron chi connectivity index (χ4n) is 2.81. The summed E-state index contributed by atoms with van der Waals surface area (Å²) in [4.78, 5) is 7.20. The molecule has 1 aromatic heterocycles. The summed E-state index contributed by atoms with van der Waals surface area (Å²) < 4.78 is 1.98. The highest BCUT2D eigenvalue weighted by Crippen LogP contribution is 2.12. The van der Waals surface area contributed by atoms with Crippen molar-refractivity contribution >= 4 is 29.9 Å². The molecule has 1 aliphatic heterocycles. The number of hydrogen-bond acceptors (Lipinski definition) is 4. The molecule has 0 aromatic carbocycles. The van der Waals surface area contributed by atoms with E-state index in [1.165, 1.54) is 0 Å². The molecule has 2 rings (SSSR count). The molecule has 0 spiro atoms. The van der Waals surface area contributed by atoms with Crippen LogP contribution in [0.15, 0.2) is 4.99 Å². The highest BCUT2D eigenvalue weighted by molar-refractivity contribution is 14.0. The molecule has 1 aromatic rings. The maximum Gasteiger partial charge on any atom is 0.191 e. The Morgan fingerprint density at radius 1 is 1.29 bits per heavy atom. The highest BCUT2D eigenvalue weighted by atomic mass is 127. The molecule has 0 bridgehead atoms. The number of likely N-dealkylation sites (tertiary alicyclic amines) is 1. The van der Waals surface area contributed by atoms with Gasteiger partial charge in [-0.25, -0.2) is 4.99 Å². The fraction of sp³-hybridized carbons (Fsp3) is 0.812. The Bertz CT molecular complexity index is 518. The zero-order valence-electron chi connectivity index (χ0n) is 15.5. The SMILES string of the molecule is CCNC(=NCc1nnc(C)n1C)NC1CCN(C(C)C)CC1.I. The van der Waals surface area contributed by atoms with Gasteiger partial charge >= 0.3 is 0 Å². The van der Waals surface area contributed by atoms with Crippen LogP contribution in [0.1, 0.15) is 45.3 Å². The Hall–Kier alpha value is -0.900. The van der Waals surface area contributed by atoms with Crippen molar-refractivity contribution in [2.45, 2.75) is 59.2 Å². The van der Waals surface area contributed by atoms with Gasteiger partial charge in [0.1, 0.15) is 12.4 Å². The van der Waals surface area contributed by atoms with Gasteiger partial charge in [-0.05, 0) is 40.5 Å². The van der Waals surface area contributed by atoms with Gasteiger partial charge in [0.05, 0.1) is 0 Å². The Morgan fingerprint density at radius 2 is 1.96 bits per heavy atom. The van der Waals surface area contributed by atoms with E-state index in [0.29, 0.717) is 18.6 Å². The molecule has 0 unspecified atom stereocenters. The molecular weight excluding hydrogens is 417 g/mol. The average Bonchev–Trinajstić information content (AvgIpc) is 2.85. The third kappa shape index (κ3) is 5.87. The first kappa shape index (κ1) is 21.1. The molecule has 24 heavy (non-hydrogen) atoms. The zero-order chi connectivity index (χ0) is 16.8. The number of aryl methyl sites for hydroxylation is 1. The van der Waals surface area contributed by atoms with Crippen LogP contribution < -0.4 is 10.6 Å². The van der Waals surface area contributed by atoms with Gasteiger partial charge in [-0.1, -0.05) is 0 Å². The first-order valence-electron chi connectivity index (χ1n) is 8.65. The van der Waals surface area contributed by atoms with Crippen LogP contribution in [0.2, 0.25) is 0 Å². The first-order valence-corrected chi connectivity index (χ1v) is 8.65. The zero-order valence-corrected chi connectivity index (χ0v) is 17.9. The van der Waals surface area contributed by atoms with E-state index in [4.69, 9.17) is 0 Å². The minimum absolute atomic E-state index is 0. The van der Waals surface area contributed by atoms with Crippen molar-refractivity contribution in [1.29, 1.82) is 0 Å². The molecular formula is C16H32IN7. The van der Waals surface area contributed by atoms with E-state index in [2.05, 4.69) is 51.5 Å². The third-order valence-electron chi connectivity index (χ3n) is 4.51. The van der Waals surface area contributed by atoms with Crippen molar-refractivity contribution < 1.29 is 0 Å². The second-order valence-corrected chi connectivity index (χ2v) is 6.47. The van der Waals surface area contributed by atoms with E-state index in [1.54, 1.807) is 0 Å². The molecule has 1 saturated heterocycles. The van der Waals surface area contributed by atoms with Crippen LogP contribution in [-0.2, 0) is 13.6 Å². The van der Waals surface area contributed by atoms with E-state index in [9.17, 15) is 0 Å². The molecule has 2 N–H and O–H groups in total. The maximum atomic E-state index is 4.66. The van der Waals surface area contributed by atoms with Crippen LogP contribution in [-0.4, -0.2) is 57.3 Å².